The Morgan fingerprint density at radius 2 is 2.42 bits per heavy atom. The molecule has 0 spiro atoms. The minimum Gasteiger partial charge on any atom is -0.324 e. The van der Waals surface area contributed by atoms with Crippen molar-refractivity contribution in [2.45, 2.75) is 19.0 Å². The number of nitrogens with two attached hydrogens (primary N) is 1. The molecule has 0 saturated carbocycles. The second-order valence-electron chi connectivity index (χ2n) is 4.68. The molecule has 1 aromatic rings. The monoisotopic (exact) mass is 282 g/mol. The zero-order valence-corrected chi connectivity index (χ0v) is 11.7. The summed E-state index contributed by atoms with van der Waals surface area (Å²) in [6.45, 7) is 0.659. The molecule has 0 radical (unpaired) electrons. The molecule has 1 unspecified atom stereocenters. The van der Waals surface area contributed by atoms with Crippen LogP contribution in [0.1, 0.15) is 12.0 Å². The first-order valence-electron chi connectivity index (χ1n) is 6.13. The van der Waals surface area contributed by atoms with Gasteiger partial charge in [0, 0.05) is 30.5 Å². The molecule has 1 atom stereocenters. The number of hydrazine groups is 1. The van der Waals surface area contributed by atoms with Crippen LogP contribution in [0, 0.1) is 10.1 Å². The lowest BCUT2D eigenvalue weighted by Gasteiger charge is -2.24. The van der Waals surface area contributed by atoms with Crippen molar-refractivity contribution in [3.63, 3.8) is 0 Å². The number of nitrogens with one attached hydrogen (secondary N) is 1. The zero-order valence-electron chi connectivity index (χ0n) is 10.8. The Bertz CT molecular complexity index is 463. The lowest BCUT2D eigenvalue weighted by molar-refractivity contribution is -0.384. The largest absolute Gasteiger partial charge is 0.324 e. The Morgan fingerprint density at radius 3 is 3.00 bits per heavy atom. The average Bonchev–Trinajstić information content (AvgIpc) is 2.92. The van der Waals surface area contributed by atoms with Gasteiger partial charge in [0.05, 0.1) is 10.6 Å². The van der Waals surface area contributed by atoms with Crippen molar-refractivity contribution in [3.05, 3.63) is 33.9 Å². The van der Waals surface area contributed by atoms with Gasteiger partial charge in [-0.1, -0.05) is 0 Å². The van der Waals surface area contributed by atoms with Crippen LogP contribution in [0.2, 0.25) is 0 Å². The molecule has 3 N–H and O–H groups in total. The molecule has 1 fully saturated rings. The first-order chi connectivity index (χ1) is 9.11. The molecule has 1 heterocycles. The van der Waals surface area contributed by atoms with E-state index in [-0.39, 0.29) is 10.6 Å². The third-order valence-corrected chi connectivity index (χ3v) is 4.55. The van der Waals surface area contributed by atoms with Gasteiger partial charge in [-0.2, -0.15) is 11.8 Å². The Kier molecular flexibility index (Phi) is 4.62. The summed E-state index contributed by atoms with van der Waals surface area (Å²) in [6.07, 6.45) is 1.17. The Labute approximate surface area is 116 Å². The van der Waals surface area contributed by atoms with Gasteiger partial charge in [0.2, 0.25) is 0 Å². The number of nitrogen functional groups attached to an aromatic ring is 1. The van der Waals surface area contributed by atoms with Crippen LogP contribution in [-0.2, 0) is 6.54 Å². The third kappa shape index (κ3) is 3.37. The van der Waals surface area contributed by atoms with Crippen LogP contribution in [0.3, 0.4) is 0 Å². The molecular formula is C12H18N4O2S. The molecule has 0 aliphatic carbocycles. The minimum absolute atomic E-state index is 0.100. The van der Waals surface area contributed by atoms with E-state index in [2.05, 4.69) is 17.4 Å². The molecule has 1 saturated heterocycles. The highest BCUT2D eigenvalue weighted by Gasteiger charge is 2.21. The van der Waals surface area contributed by atoms with Gasteiger partial charge in [-0.3, -0.25) is 20.9 Å². The Balaban J connectivity index is 2.16. The summed E-state index contributed by atoms with van der Waals surface area (Å²) < 4.78 is 0. The van der Waals surface area contributed by atoms with Crippen LogP contribution in [0.25, 0.3) is 0 Å². The third-order valence-electron chi connectivity index (χ3n) is 3.40. The minimum atomic E-state index is -0.380. The lowest BCUT2D eigenvalue weighted by Crippen LogP contribution is -2.31. The first kappa shape index (κ1) is 14.1. The van der Waals surface area contributed by atoms with Gasteiger partial charge in [-0.05, 0) is 30.9 Å². The molecular weight excluding hydrogens is 264 g/mol. The summed E-state index contributed by atoms with van der Waals surface area (Å²) in [5, 5.41) is 10.8. The highest BCUT2D eigenvalue weighted by molar-refractivity contribution is 7.99. The van der Waals surface area contributed by atoms with E-state index in [9.17, 15) is 10.1 Å². The number of nitro benzene ring substituents is 1. The van der Waals surface area contributed by atoms with Crippen molar-refractivity contribution in [2.75, 3.05) is 24.0 Å². The molecule has 6 nitrogen and oxygen atoms in total. The predicted octanol–water partition coefficient (Wildman–Crippen LogP) is 1.82. The standard InChI is InChI=1S/C12H18N4O2S/c1-15(11-4-5-19-8-11)7-9-6-10(16(17)18)2-3-12(9)14-13/h2-3,6,11,14H,4-5,7-8,13H2,1H3. The molecule has 1 aromatic carbocycles. The topological polar surface area (TPSA) is 84.4 Å². The number of benzene rings is 1. The SMILES string of the molecule is CN(Cc1cc([N+](=O)[O-])ccc1NN)C1CCSC1. The van der Waals surface area contributed by atoms with Crippen LogP contribution in [-0.4, -0.2) is 34.4 Å². The number of nitro groups is 1. The maximum Gasteiger partial charge on any atom is 0.269 e. The molecule has 104 valence electrons. The van der Waals surface area contributed by atoms with Crippen molar-refractivity contribution in [3.8, 4) is 0 Å². The smallest absolute Gasteiger partial charge is 0.269 e. The van der Waals surface area contributed by atoms with Crippen LogP contribution < -0.4 is 11.3 Å². The summed E-state index contributed by atoms with van der Waals surface area (Å²) >= 11 is 1.95. The number of nitrogens with zero attached hydrogens (tertiary/aromatic N) is 2. The summed E-state index contributed by atoms with van der Waals surface area (Å²) in [5.74, 6) is 7.77. The maximum atomic E-state index is 10.8. The fourth-order valence-corrected chi connectivity index (χ4v) is 3.53. The molecule has 1 aliphatic heterocycles. The fourth-order valence-electron chi connectivity index (χ4n) is 2.23. The van der Waals surface area contributed by atoms with E-state index in [0.29, 0.717) is 12.6 Å². The van der Waals surface area contributed by atoms with E-state index in [0.717, 1.165) is 17.0 Å². The Hall–Kier alpha value is -1.31. The average molecular weight is 282 g/mol. The van der Waals surface area contributed by atoms with Crippen LogP contribution in [0.4, 0.5) is 11.4 Å². The highest BCUT2D eigenvalue weighted by atomic mass is 32.2. The number of anilines is 1. The summed E-state index contributed by atoms with van der Waals surface area (Å²) in [4.78, 5) is 12.7. The molecule has 0 aromatic heterocycles. The Morgan fingerprint density at radius 1 is 1.63 bits per heavy atom. The van der Waals surface area contributed by atoms with E-state index in [1.165, 1.54) is 18.2 Å². The number of hydrogen-bond acceptors (Lipinski definition) is 6. The molecule has 7 heteroatoms. The molecule has 19 heavy (non-hydrogen) atoms. The molecule has 1 aliphatic rings. The van der Waals surface area contributed by atoms with Gasteiger partial charge in [0.15, 0.2) is 0 Å². The lowest BCUT2D eigenvalue weighted by atomic mass is 10.1. The van der Waals surface area contributed by atoms with E-state index in [1.807, 2.05) is 11.8 Å². The van der Waals surface area contributed by atoms with Gasteiger partial charge in [-0.25, -0.2) is 0 Å². The van der Waals surface area contributed by atoms with E-state index >= 15 is 0 Å². The van der Waals surface area contributed by atoms with Crippen molar-refractivity contribution in [1.29, 1.82) is 0 Å². The normalized spacial score (nSPS) is 18.8. The van der Waals surface area contributed by atoms with Gasteiger partial charge in [0.1, 0.15) is 0 Å². The van der Waals surface area contributed by atoms with Crippen LogP contribution in [0.5, 0.6) is 0 Å². The summed E-state index contributed by atoms with van der Waals surface area (Å²) in [6, 6.07) is 5.25. The number of thioether (sulfide) groups is 1. The fraction of sp³-hybridized carbons (Fsp3) is 0.500. The van der Waals surface area contributed by atoms with E-state index < -0.39 is 0 Å². The first-order valence-corrected chi connectivity index (χ1v) is 7.29. The van der Waals surface area contributed by atoms with Crippen molar-refractivity contribution < 1.29 is 4.92 Å². The van der Waals surface area contributed by atoms with Crippen molar-refractivity contribution in [1.82, 2.24) is 4.90 Å². The number of non-ortho nitro benzene ring substituents is 1. The second kappa shape index (κ2) is 6.23. The second-order valence-corrected chi connectivity index (χ2v) is 5.83. The number of hydrogen-bond donors (Lipinski definition) is 2. The summed E-state index contributed by atoms with van der Waals surface area (Å²) in [7, 11) is 2.05. The van der Waals surface area contributed by atoms with E-state index in [4.69, 9.17) is 5.84 Å². The van der Waals surface area contributed by atoms with Gasteiger partial charge < -0.3 is 5.43 Å². The molecule has 2 rings (SSSR count). The van der Waals surface area contributed by atoms with Gasteiger partial charge >= 0.3 is 0 Å². The zero-order chi connectivity index (χ0) is 13.8. The van der Waals surface area contributed by atoms with Gasteiger partial charge in [-0.15, -0.1) is 0 Å². The maximum absolute atomic E-state index is 10.8. The van der Waals surface area contributed by atoms with Crippen LogP contribution in [0.15, 0.2) is 18.2 Å². The van der Waals surface area contributed by atoms with Crippen LogP contribution >= 0.6 is 11.8 Å². The van der Waals surface area contributed by atoms with Crippen molar-refractivity contribution in [2.24, 2.45) is 5.84 Å². The number of rotatable bonds is 5. The predicted molar refractivity (Wildman–Crippen MR) is 78.1 cm³/mol. The molecule has 0 bridgehead atoms. The summed E-state index contributed by atoms with van der Waals surface area (Å²) in [5.41, 5.74) is 4.30. The molecule has 0 amide bonds. The quantitative estimate of drug-likeness (QED) is 0.487. The highest BCUT2D eigenvalue weighted by Crippen LogP contribution is 2.26. The van der Waals surface area contributed by atoms with Crippen molar-refractivity contribution >= 4 is 23.1 Å². The van der Waals surface area contributed by atoms with Gasteiger partial charge in [0.25, 0.3) is 5.69 Å². The van der Waals surface area contributed by atoms with E-state index in [1.54, 1.807) is 12.1 Å².